The van der Waals surface area contributed by atoms with Gasteiger partial charge in [0, 0.05) is 31.9 Å². The van der Waals surface area contributed by atoms with Gasteiger partial charge in [-0.3, -0.25) is 4.79 Å². The van der Waals surface area contributed by atoms with Crippen molar-refractivity contribution in [2.24, 2.45) is 0 Å². The molecule has 0 aliphatic rings. The van der Waals surface area contributed by atoms with Crippen molar-refractivity contribution in [3.63, 3.8) is 0 Å². The van der Waals surface area contributed by atoms with Gasteiger partial charge in [-0.2, -0.15) is 0 Å². The monoisotopic (exact) mass is 272 g/mol. The third-order valence-electron chi connectivity index (χ3n) is 2.99. The van der Waals surface area contributed by atoms with Crippen LogP contribution in [0.3, 0.4) is 0 Å². The Bertz CT molecular complexity index is 594. The molecule has 2 aromatic carbocycles. The summed E-state index contributed by atoms with van der Waals surface area (Å²) in [5.41, 5.74) is 2.56. The average molecular weight is 272 g/mol. The smallest absolute Gasteiger partial charge is 0.251 e. The number of carbonyl (C=O) groups is 1. The van der Waals surface area contributed by atoms with E-state index in [0.717, 1.165) is 11.3 Å². The highest BCUT2D eigenvalue weighted by atomic mass is 19.1. The highest BCUT2D eigenvalue weighted by Crippen LogP contribution is 2.13. The SMILES string of the molecule is CN(C)c1cccc(CNC(=O)c2ccc(F)cc2)c1. The summed E-state index contributed by atoms with van der Waals surface area (Å²) in [4.78, 5) is 13.9. The van der Waals surface area contributed by atoms with E-state index in [1.807, 2.05) is 43.3 Å². The molecule has 0 aromatic heterocycles. The number of benzene rings is 2. The molecule has 0 spiro atoms. The molecule has 0 bridgehead atoms. The topological polar surface area (TPSA) is 32.3 Å². The first-order valence-electron chi connectivity index (χ1n) is 6.36. The number of anilines is 1. The second-order valence-corrected chi connectivity index (χ2v) is 4.75. The Morgan fingerprint density at radius 3 is 2.50 bits per heavy atom. The van der Waals surface area contributed by atoms with Crippen molar-refractivity contribution in [1.82, 2.24) is 5.32 Å². The van der Waals surface area contributed by atoms with Crippen LogP contribution in [0, 0.1) is 5.82 Å². The molecule has 0 aliphatic carbocycles. The molecular weight excluding hydrogens is 255 g/mol. The standard InChI is InChI=1S/C16H17FN2O/c1-19(2)15-5-3-4-12(10-15)11-18-16(20)13-6-8-14(17)9-7-13/h3-10H,11H2,1-2H3,(H,18,20). The number of amides is 1. The number of rotatable bonds is 4. The first-order chi connectivity index (χ1) is 9.56. The zero-order valence-electron chi connectivity index (χ0n) is 11.6. The summed E-state index contributed by atoms with van der Waals surface area (Å²) in [6, 6.07) is 13.4. The molecule has 2 aromatic rings. The Morgan fingerprint density at radius 2 is 1.85 bits per heavy atom. The van der Waals surface area contributed by atoms with Gasteiger partial charge in [-0.05, 0) is 42.0 Å². The summed E-state index contributed by atoms with van der Waals surface area (Å²) < 4.78 is 12.8. The zero-order valence-corrected chi connectivity index (χ0v) is 11.6. The predicted octanol–water partition coefficient (Wildman–Crippen LogP) is 2.82. The molecule has 0 atom stereocenters. The van der Waals surface area contributed by atoms with Gasteiger partial charge >= 0.3 is 0 Å². The molecule has 0 heterocycles. The lowest BCUT2D eigenvalue weighted by molar-refractivity contribution is 0.0951. The fourth-order valence-corrected chi connectivity index (χ4v) is 1.83. The maximum absolute atomic E-state index is 12.8. The van der Waals surface area contributed by atoms with Gasteiger partial charge in [0.1, 0.15) is 5.82 Å². The molecule has 1 N–H and O–H groups in total. The third-order valence-corrected chi connectivity index (χ3v) is 2.99. The van der Waals surface area contributed by atoms with E-state index in [9.17, 15) is 9.18 Å². The molecule has 104 valence electrons. The summed E-state index contributed by atoms with van der Waals surface area (Å²) in [6.07, 6.45) is 0. The van der Waals surface area contributed by atoms with Crippen LogP contribution in [0.5, 0.6) is 0 Å². The molecule has 1 amide bonds. The van der Waals surface area contributed by atoms with E-state index >= 15 is 0 Å². The van der Waals surface area contributed by atoms with Crippen molar-refractivity contribution in [3.05, 3.63) is 65.5 Å². The van der Waals surface area contributed by atoms with Gasteiger partial charge in [0.05, 0.1) is 0 Å². The van der Waals surface area contributed by atoms with Crippen LogP contribution in [0.15, 0.2) is 48.5 Å². The second-order valence-electron chi connectivity index (χ2n) is 4.75. The largest absolute Gasteiger partial charge is 0.378 e. The molecule has 20 heavy (non-hydrogen) atoms. The number of hydrogen-bond acceptors (Lipinski definition) is 2. The Kier molecular flexibility index (Phi) is 4.35. The highest BCUT2D eigenvalue weighted by Gasteiger charge is 2.05. The van der Waals surface area contributed by atoms with Crippen molar-refractivity contribution in [2.75, 3.05) is 19.0 Å². The fourth-order valence-electron chi connectivity index (χ4n) is 1.83. The summed E-state index contributed by atoms with van der Waals surface area (Å²) >= 11 is 0. The maximum atomic E-state index is 12.8. The number of nitrogens with one attached hydrogen (secondary N) is 1. The molecule has 4 heteroatoms. The van der Waals surface area contributed by atoms with E-state index < -0.39 is 0 Å². The van der Waals surface area contributed by atoms with Crippen LogP contribution in [-0.2, 0) is 6.54 Å². The van der Waals surface area contributed by atoms with Gasteiger partial charge in [-0.15, -0.1) is 0 Å². The van der Waals surface area contributed by atoms with Crippen molar-refractivity contribution in [3.8, 4) is 0 Å². The summed E-state index contributed by atoms with van der Waals surface area (Å²) in [5, 5.41) is 2.82. The lowest BCUT2D eigenvalue weighted by Gasteiger charge is -2.13. The third kappa shape index (κ3) is 3.57. The van der Waals surface area contributed by atoms with Crippen LogP contribution in [0.4, 0.5) is 10.1 Å². The van der Waals surface area contributed by atoms with Crippen molar-refractivity contribution < 1.29 is 9.18 Å². The van der Waals surface area contributed by atoms with Gasteiger partial charge in [0.15, 0.2) is 0 Å². The molecule has 0 radical (unpaired) electrons. The Balaban J connectivity index is 1.99. The van der Waals surface area contributed by atoms with Gasteiger partial charge in [-0.1, -0.05) is 12.1 Å². The molecule has 0 saturated carbocycles. The van der Waals surface area contributed by atoms with Crippen LogP contribution in [0.25, 0.3) is 0 Å². The second kappa shape index (κ2) is 6.19. The molecular formula is C16H17FN2O. The predicted molar refractivity (Wildman–Crippen MR) is 78.3 cm³/mol. The van der Waals surface area contributed by atoms with E-state index in [4.69, 9.17) is 0 Å². The number of nitrogens with zero attached hydrogens (tertiary/aromatic N) is 1. The molecule has 2 rings (SSSR count). The van der Waals surface area contributed by atoms with Crippen LogP contribution >= 0.6 is 0 Å². The van der Waals surface area contributed by atoms with E-state index in [2.05, 4.69) is 5.32 Å². The number of halogens is 1. The Morgan fingerprint density at radius 1 is 1.15 bits per heavy atom. The number of hydrogen-bond donors (Lipinski definition) is 1. The highest BCUT2D eigenvalue weighted by molar-refractivity contribution is 5.94. The van der Waals surface area contributed by atoms with Crippen molar-refractivity contribution >= 4 is 11.6 Å². The van der Waals surface area contributed by atoms with E-state index in [-0.39, 0.29) is 11.7 Å². The first kappa shape index (κ1) is 14.1. The summed E-state index contributed by atoms with van der Waals surface area (Å²) in [7, 11) is 3.94. The van der Waals surface area contributed by atoms with E-state index in [0.29, 0.717) is 12.1 Å². The van der Waals surface area contributed by atoms with Gasteiger partial charge in [0.25, 0.3) is 5.91 Å². The fraction of sp³-hybridized carbons (Fsp3) is 0.188. The van der Waals surface area contributed by atoms with Gasteiger partial charge in [0.2, 0.25) is 0 Å². The maximum Gasteiger partial charge on any atom is 0.251 e. The Labute approximate surface area is 118 Å². The quantitative estimate of drug-likeness (QED) is 0.928. The van der Waals surface area contributed by atoms with Crippen molar-refractivity contribution in [2.45, 2.75) is 6.54 Å². The minimum Gasteiger partial charge on any atom is -0.378 e. The lowest BCUT2D eigenvalue weighted by Crippen LogP contribution is -2.22. The lowest BCUT2D eigenvalue weighted by atomic mass is 10.1. The summed E-state index contributed by atoms with van der Waals surface area (Å²) in [5.74, 6) is -0.555. The average Bonchev–Trinajstić information content (AvgIpc) is 2.46. The molecule has 0 saturated heterocycles. The van der Waals surface area contributed by atoms with E-state index in [1.54, 1.807) is 0 Å². The molecule has 0 aliphatic heterocycles. The summed E-state index contributed by atoms with van der Waals surface area (Å²) in [6.45, 7) is 0.442. The minimum absolute atomic E-state index is 0.208. The molecule has 0 fully saturated rings. The van der Waals surface area contributed by atoms with Crippen LogP contribution in [-0.4, -0.2) is 20.0 Å². The van der Waals surface area contributed by atoms with Crippen LogP contribution in [0.2, 0.25) is 0 Å². The minimum atomic E-state index is -0.347. The number of carbonyl (C=O) groups excluding carboxylic acids is 1. The zero-order chi connectivity index (χ0) is 14.5. The van der Waals surface area contributed by atoms with Gasteiger partial charge < -0.3 is 10.2 Å². The normalized spacial score (nSPS) is 10.2. The Hall–Kier alpha value is -2.36. The van der Waals surface area contributed by atoms with Crippen LogP contribution in [0.1, 0.15) is 15.9 Å². The van der Waals surface area contributed by atoms with Crippen LogP contribution < -0.4 is 10.2 Å². The molecule has 0 unspecified atom stereocenters. The first-order valence-corrected chi connectivity index (χ1v) is 6.36. The van der Waals surface area contributed by atoms with Crippen molar-refractivity contribution in [1.29, 1.82) is 0 Å². The van der Waals surface area contributed by atoms with E-state index in [1.165, 1.54) is 24.3 Å². The molecule has 3 nitrogen and oxygen atoms in total. The van der Waals surface area contributed by atoms with Gasteiger partial charge in [-0.25, -0.2) is 4.39 Å².